The van der Waals surface area contributed by atoms with Gasteiger partial charge in [-0.2, -0.15) is 0 Å². The van der Waals surface area contributed by atoms with Crippen molar-refractivity contribution in [1.82, 2.24) is 0 Å². The van der Waals surface area contributed by atoms with Crippen LogP contribution in [-0.2, 0) is 0 Å². The van der Waals surface area contributed by atoms with Gasteiger partial charge in [-0.1, -0.05) is 36.4 Å². The number of aliphatic hydroxyl groups is 1. The lowest BCUT2D eigenvalue weighted by molar-refractivity contribution is 0.0979. The molecule has 0 fully saturated rings. The highest BCUT2D eigenvalue weighted by Crippen LogP contribution is 2.33. The highest BCUT2D eigenvalue weighted by atomic mass is 16.3. The molecule has 1 aliphatic rings. The molecule has 2 aromatic rings. The number of hydrogen-bond donors (Lipinski definition) is 2. The minimum Gasteiger partial charge on any atom is -0.395 e. The van der Waals surface area contributed by atoms with Gasteiger partial charge in [-0.15, -0.1) is 0 Å². The Bertz CT molecular complexity index is 765. The topological polar surface area (TPSA) is 83.6 Å². The predicted octanol–water partition coefficient (Wildman–Crippen LogP) is 1.22. The van der Waals surface area contributed by atoms with Gasteiger partial charge in [0.05, 0.1) is 12.2 Å². The van der Waals surface area contributed by atoms with E-state index in [9.17, 15) is 14.7 Å². The SMILES string of the molecule is NCCN(CCO)c1cccc2c1C(=O)c1ccccc1C2=O. The van der Waals surface area contributed by atoms with E-state index in [0.29, 0.717) is 47.6 Å². The summed E-state index contributed by atoms with van der Waals surface area (Å²) in [4.78, 5) is 27.5. The second kappa shape index (κ2) is 6.32. The molecule has 1 aliphatic carbocycles. The summed E-state index contributed by atoms with van der Waals surface area (Å²) in [6.45, 7) is 1.20. The molecule has 118 valence electrons. The van der Waals surface area contributed by atoms with Crippen LogP contribution in [0.25, 0.3) is 0 Å². The number of hydrogen-bond acceptors (Lipinski definition) is 5. The number of anilines is 1. The Hall–Kier alpha value is -2.50. The number of carbonyl (C=O) groups is 2. The summed E-state index contributed by atoms with van der Waals surface area (Å²) in [5.41, 5.74) is 7.96. The molecule has 0 aromatic heterocycles. The highest BCUT2D eigenvalue weighted by Gasteiger charge is 2.32. The summed E-state index contributed by atoms with van der Waals surface area (Å²) in [5.74, 6) is -0.306. The summed E-state index contributed by atoms with van der Waals surface area (Å²) in [6.07, 6.45) is 0. The molecule has 0 saturated heterocycles. The zero-order valence-corrected chi connectivity index (χ0v) is 12.7. The van der Waals surface area contributed by atoms with E-state index in [1.807, 2.05) is 4.90 Å². The number of fused-ring (bicyclic) bond motifs is 2. The lowest BCUT2D eigenvalue weighted by Gasteiger charge is -2.28. The molecule has 0 atom stereocenters. The van der Waals surface area contributed by atoms with Gasteiger partial charge in [-0.3, -0.25) is 9.59 Å². The molecular formula is C18H18N2O3. The minimum atomic E-state index is -0.161. The second-order valence-corrected chi connectivity index (χ2v) is 5.40. The number of nitrogens with two attached hydrogens (primary N) is 1. The molecule has 0 spiro atoms. The Balaban J connectivity index is 2.17. The Morgan fingerprint density at radius 2 is 1.52 bits per heavy atom. The third kappa shape index (κ3) is 2.54. The van der Waals surface area contributed by atoms with Crippen LogP contribution in [0.1, 0.15) is 31.8 Å². The Morgan fingerprint density at radius 3 is 2.17 bits per heavy atom. The maximum atomic E-state index is 12.9. The van der Waals surface area contributed by atoms with Gasteiger partial charge in [-0.25, -0.2) is 0 Å². The van der Waals surface area contributed by atoms with Crippen molar-refractivity contribution in [2.75, 3.05) is 31.1 Å². The van der Waals surface area contributed by atoms with Crippen molar-refractivity contribution in [2.24, 2.45) is 5.73 Å². The molecule has 0 heterocycles. The van der Waals surface area contributed by atoms with Gasteiger partial charge < -0.3 is 15.7 Å². The number of ketones is 2. The summed E-state index contributed by atoms with van der Waals surface area (Å²) >= 11 is 0. The van der Waals surface area contributed by atoms with Crippen molar-refractivity contribution in [2.45, 2.75) is 0 Å². The van der Waals surface area contributed by atoms with Crippen molar-refractivity contribution in [3.63, 3.8) is 0 Å². The van der Waals surface area contributed by atoms with Gasteiger partial charge in [0.1, 0.15) is 0 Å². The number of aliphatic hydroxyl groups excluding tert-OH is 1. The van der Waals surface area contributed by atoms with Crippen LogP contribution < -0.4 is 10.6 Å². The van der Waals surface area contributed by atoms with E-state index in [2.05, 4.69) is 0 Å². The third-order valence-corrected chi connectivity index (χ3v) is 4.04. The summed E-state index contributed by atoms with van der Waals surface area (Å²) in [6, 6.07) is 12.1. The van der Waals surface area contributed by atoms with Crippen LogP contribution >= 0.6 is 0 Å². The van der Waals surface area contributed by atoms with Gasteiger partial charge in [0.15, 0.2) is 11.6 Å². The quantitative estimate of drug-likeness (QED) is 0.740. The summed E-state index contributed by atoms with van der Waals surface area (Å²) < 4.78 is 0. The molecular weight excluding hydrogens is 292 g/mol. The first kappa shape index (κ1) is 15.4. The molecule has 0 aliphatic heterocycles. The fourth-order valence-electron chi connectivity index (χ4n) is 3.02. The first-order valence-corrected chi connectivity index (χ1v) is 7.56. The van der Waals surface area contributed by atoms with Crippen LogP contribution in [0.5, 0.6) is 0 Å². The standard InChI is InChI=1S/C18H18N2O3/c19-8-9-20(10-11-21)15-7-3-6-14-16(15)18(23)13-5-2-1-4-12(13)17(14)22/h1-7,21H,8-11,19H2. The fourth-order valence-corrected chi connectivity index (χ4v) is 3.02. The monoisotopic (exact) mass is 310 g/mol. The lowest BCUT2D eigenvalue weighted by Crippen LogP contribution is -2.34. The Morgan fingerprint density at radius 1 is 0.870 bits per heavy atom. The van der Waals surface area contributed by atoms with E-state index in [0.717, 1.165) is 0 Å². The number of rotatable bonds is 5. The van der Waals surface area contributed by atoms with Crippen molar-refractivity contribution in [3.8, 4) is 0 Å². The molecule has 5 heteroatoms. The minimum absolute atomic E-state index is 0.0532. The van der Waals surface area contributed by atoms with E-state index in [4.69, 9.17) is 5.73 Å². The molecule has 0 saturated carbocycles. The molecule has 0 bridgehead atoms. The molecule has 3 rings (SSSR count). The largest absolute Gasteiger partial charge is 0.395 e. The zero-order valence-electron chi connectivity index (χ0n) is 12.7. The van der Waals surface area contributed by atoms with Gasteiger partial charge in [0.2, 0.25) is 0 Å². The van der Waals surface area contributed by atoms with Gasteiger partial charge in [0, 0.05) is 42.0 Å². The normalized spacial score (nSPS) is 12.8. The highest BCUT2D eigenvalue weighted by molar-refractivity contribution is 6.30. The number of carbonyl (C=O) groups excluding carboxylic acids is 2. The van der Waals surface area contributed by atoms with Crippen LogP contribution in [0.4, 0.5) is 5.69 Å². The van der Waals surface area contributed by atoms with E-state index >= 15 is 0 Å². The number of nitrogens with zero attached hydrogens (tertiary/aromatic N) is 1. The first-order valence-electron chi connectivity index (χ1n) is 7.56. The molecule has 0 radical (unpaired) electrons. The van der Waals surface area contributed by atoms with E-state index in [1.54, 1.807) is 42.5 Å². The smallest absolute Gasteiger partial charge is 0.196 e. The van der Waals surface area contributed by atoms with Crippen molar-refractivity contribution in [3.05, 3.63) is 64.7 Å². The Labute approximate surface area is 134 Å². The molecule has 3 N–H and O–H groups in total. The summed E-state index contributed by atoms with van der Waals surface area (Å²) in [7, 11) is 0. The van der Waals surface area contributed by atoms with Gasteiger partial charge in [0.25, 0.3) is 0 Å². The molecule has 5 nitrogen and oxygen atoms in total. The first-order chi connectivity index (χ1) is 11.2. The van der Waals surface area contributed by atoms with Crippen LogP contribution in [-0.4, -0.2) is 42.9 Å². The van der Waals surface area contributed by atoms with E-state index < -0.39 is 0 Å². The van der Waals surface area contributed by atoms with Crippen molar-refractivity contribution < 1.29 is 14.7 Å². The maximum absolute atomic E-state index is 12.9. The van der Waals surface area contributed by atoms with E-state index in [-0.39, 0.29) is 18.2 Å². The van der Waals surface area contributed by atoms with Gasteiger partial charge >= 0.3 is 0 Å². The second-order valence-electron chi connectivity index (χ2n) is 5.40. The van der Waals surface area contributed by atoms with E-state index in [1.165, 1.54) is 0 Å². The zero-order chi connectivity index (χ0) is 16.4. The number of benzene rings is 2. The van der Waals surface area contributed by atoms with Crippen LogP contribution in [0.2, 0.25) is 0 Å². The van der Waals surface area contributed by atoms with Crippen molar-refractivity contribution >= 4 is 17.3 Å². The maximum Gasteiger partial charge on any atom is 0.196 e. The van der Waals surface area contributed by atoms with Crippen LogP contribution in [0.15, 0.2) is 42.5 Å². The van der Waals surface area contributed by atoms with Crippen molar-refractivity contribution in [1.29, 1.82) is 0 Å². The van der Waals surface area contributed by atoms with Gasteiger partial charge in [-0.05, 0) is 6.07 Å². The predicted molar refractivity (Wildman–Crippen MR) is 88.1 cm³/mol. The molecule has 0 unspecified atom stereocenters. The summed E-state index contributed by atoms with van der Waals surface area (Å²) in [5, 5.41) is 9.27. The average molecular weight is 310 g/mol. The van der Waals surface area contributed by atoms with Crippen LogP contribution in [0.3, 0.4) is 0 Å². The molecule has 0 amide bonds. The molecule has 2 aromatic carbocycles. The van der Waals surface area contributed by atoms with Crippen LogP contribution in [0, 0.1) is 0 Å². The fraction of sp³-hybridized carbons (Fsp3) is 0.222. The molecule has 23 heavy (non-hydrogen) atoms. The average Bonchev–Trinajstić information content (AvgIpc) is 2.59. The Kier molecular flexibility index (Phi) is 4.23. The lowest BCUT2D eigenvalue weighted by atomic mass is 9.83. The third-order valence-electron chi connectivity index (χ3n) is 4.04.